The second-order valence-corrected chi connectivity index (χ2v) is 5.46. The fourth-order valence-corrected chi connectivity index (χ4v) is 2.61. The Morgan fingerprint density at radius 3 is 2.57 bits per heavy atom. The number of rotatable bonds is 3. The highest BCUT2D eigenvalue weighted by Gasteiger charge is 2.22. The molecule has 0 unspecified atom stereocenters. The summed E-state index contributed by atoms with van der Waals surface area (Å²) in [7, 11) is 0. The van der Waals surface area contributed by atoms with Crippen LogP contribution in [0, 0.1) is 0 Å². The SMILES string of the molecule is CC(=O)c1ccc(NC(=O)N[C@H]2CCOc3ccccc32)cc1. The van der Waals surface area contributed by atoms with Crippen LogP contribution in [0.15, 0.2) is 48.5 Å². The van der Waals surface area contributed by atoms with Crippen LogP contribution in [0.2, 0.25) is 0 Å². The van der Waals surface area contributed by atoms with Gasteiger partial charge in [0.25, 0.3) is 0 Å². The molecule has 0 bridgehead atoms. The molecule has 23 heavy (non-hydrogen) atoms. The standard InChI is InChI=1S/C18H18N2O3/c1-12(21)13-6-8-14(9-7-13)19-18(22)20-16-10-11-23-17-5-3-2-4-15(16)17/h2-9,16H,10-11H2,1H3,(H2,19,20,22)/t16-/m0/s1. The van der Waals surface area contributed by atoms with Crippen molar-refractivity contribution in [2.24, 2.45) is 0 Å². The quantitative estimate of drug-likeness (QED) is 0.852. The van der Waals surface area contributed by atoms with E-state index in [1.807, 2.05) is 24.3 Å². The Hall–Kier alpha value is -2.82. The molecule has 1 heterocycles. The number of anilines is 1. The van der Waals surface area contributed by atoms with Gasteiger partial charge in [-0.05, 0) is 37.3 Å². The molecule has 118 valence electrons. The van der Waals surface area contributed by atoms with Gasteiger partial charge in [-0.25, -0.2) is 4.79 Å². The van der Waals surface area contributed by atoms with Crippen LogP contribution in [0.25, 0.3) is 0 Å². The maximum absolute atomic E-state index is 12.2. The smallest absolute Gasteiger partial charge is 0.319 e. The molecule has 5 heteroatoms. The number of hydrogen-bond donors (Lipinski definition) is 2. The largest absolute Gasteiger partial charge is 0.493 e. The molecular weight excluding hydrogens is 292 g/mol. The third-order valence-corrected chi connectivity index (χ3v) is 3.81. The first-order chi connectivity index (χ1) is 11.1. The summed E-state index contributed by atoms with van der Waals surface area (Å²) < 4.78 is 5.59. The van der Waals surface area contributed by atoms with Gasteiger partial charge in [-0.15, -0.1) is 0 Å². The van der Waals surface area contributed by atoms with Crippen molar-refractivity contribution < 1.29 is 14.3 Å². The first-order valence-electron chi connectivity index (χ1n) is 7.54. The maximum atomic E-state index is 12.2. The fraction of sp³-hybridized carbons (Fsp3) is 0.222. The van der Waals surface area contributed by atoms with Crippen molar-refractivity contribution in [2.75, 3.05) is 11.9 Å². The van der Waals surface area contributed by atoms with Crippen LogP contribution in [0.5, 0.6) is 5.75 Å². The number of carbonyl (C=O) groups is 2. The lowest BCUT2D eigenvalue weighted by Crippen LogP contribution is -2.35. The Morgan fingerprint density at radius 1 is 1.09 bits per heavy atom. The van der Waals surface area contributed by atoms with Gasteiger partial charge in [0.1, 0.15) is 5.75 Å². The van der Waals surface area contributed by atoms with Crippen LogP contribution in [-0.4, -0.2) is 18.4 Å². The van der Waals surface area contributed by atoms with Crippen molar-refractivity contribution in [1.29, 1.82) is 0 Å². The molecule has 2 amide bonds. The average Bonchev–Trinajstić information content (AvgIpc) is 2.55. The van der Waals surface area contributed by atoms with E-state index in [1.54, 1.807) is 24.3 Å². The summed E-state index contributed by atoms with van der Waals surface area (Å²) >= 11 is 0. The number of ketones is 1. The van der Waals surface area contributed by atoms with E-state index in [0.717, 1.165) is 17.7 Å². The number of benzene rings is 2. The lowest BCUT2D eigenvalue weighted by atomic mass is 10.0. The second-order valence-electron chi connectivity index (χ2n) is 5.46. The van der Waals surface area contributed by atoms with E-state index in [-0.39, 0.29) is 17.9 Å². The highest BCUT2D eigenvalue weighted by atomic mass is 16.5. The summed E-state index contributed by atoms with van der Waals surface area (Å²) in [4.78, 5) is 23.4. The Bertz CT molecular complexity index is 725. The molecule has 1 aliphatic rings. The molecule has 0 saturated heterocycles. The van der Waals surface area contributed by atoms with E-state index in [4.69, 9.17) is 4.74 Å². The number of carbonyl (C=O) groups excluding carboxylic acids is 2. The zero-order valence-electron chi connectivity index (χ0n) is 12.8. The van der Waals surface area contributed by atoms with Gasteiger partial charge in [0.15, 0.2) is 5.78 Å². The van der Waals surface area contributed by atoms with E-state index < -0.39 is 0 Å². The van der Waals surface area contributed by atoms with Crippen LogP contribution >= 0.6 is 0 Å². The fourth-order valence-electron chi connectivity index (χ4n) is 2.61. The molecule has 2 aromatic carbocycles. The van der Waals surface area contributed by atoms with Gasteiger partial charge >= 0.3 is 6.03 Å². The highest BCUT2D eigenvalue weighted by molar-refractivity contribution is 5.95. The maximum Gasteiger partial charge on any atom is 0.319 e. The molecule has 1 atom stereocenters. The number of amides is 2. The Kier molecular flexibility index (Phi) is 4.28. The number of hydrogen-bond acceptors (Lipinski definition) is 3. The first kappa shape index (κ1) is 15.1. The molecular formula is C18H18N2O3. The third-order valence-electron chi connectivity index (χ3n) is 3.81. The summed E-state index contributed by atoms with van der Waals surface area (Å²) in [6, 6.07) is 14.2. The molecule has 0 spiro atoms. The van der Waals surface area contributed by atoms with Crippen molar-refractivity contribution in [2.45, 2.75) is 19.4 Å². The number of urea groups is 1. The zero-order valence-corrected chi connectivity index (χ0v) is 12.8. The van der Waals surface area contributed by atoms with Gasteiger partial charge < -0.3 is 15.4 Å². The van der Waals surface area contributed by atoms with Gasteiger partial charge in [-0.1, -0.05) is 18.2 Å². The lowest BCUT2D eigenvalue weighted by Gasteiger charge is -2.26. The van der Waals surface area contributed by atoms with Crippen LogP contribution in [0.3, 0.4) is 0 Å². The van der Waals surface area contributed by atoms with Crippen molar-refractivity contribution in [3.63, 3.8) is 0 Å². The predicted octanol–water partition coefficient (Wildman–Crippen LogP) is 3.53. The molecule has 0 aliphatic carbocycles. The summed E-state index contributed by atoms with van der Waals surface area (Å²) in [5.41, 5.74) is 2.25. The van der Waals surface area contributed by atoms with Crippen LogP contribution in [0.4, 0.5) is 10.5 Å². The number of ether oxygens (including phenoxy) is 1. The van der Waals surface area contributed by atoms with Gasteiger partial charge in [0.2, 0.25) is 0 Å². The van der Waals surface area contributed by atoms with Gasteiger partial charge in [-0.3, -0.25) is 4.79 Å². The van der Waals surface area contributed by atoms with E-state index in [2.05, 4.69) is 10.6 Å². The number of nitrogens with one attached hydrogen (secondary N) is 2. The topological polar surface area (TPSA) is 67.4 Å². The van der Waals surface area contributed by atoms with E-state index >= 15 is 0 Å². The van der Waals surface area contributed by atoms with Gasteiger partial charge in [-0.2, -0.15) is 0 Å². The lowest BCUT2D eigenvalue weighted by molar-refractivity contribution is 0.101. The summed E-state index contributed by atoms with van der Waals surface area (Å²) in [6.07, 6.45) is 0.730. The summed E-state index contributed by atoms with van der Waals surface area (Å²) in [5.74, 6) is 0.815. The second kappa shape index (κ2) is 6.52. The summed E-state index contributed by atoms with van der Waals surface area (Å²) in [5, 5.41) is 5.75. The third kappa shape index (κ3) is 3.51. The van der Waals surface area contributed by atoms with E-state index in [0.29, 0.717) is 17.9 Å². The highest BCUT2D eigenvalue weighted by Crippen LogP contribution is 2.31. The number of fused-ring (bicyclic) bond motifs is 1. The molecule has 1 aliphatic heterocycles. The van der Waals surface area contributed by atoms with Gasteiger partial charge in [0.05, 0.1) is 12.6 Å². The minimum atomic E-state index is -0.276. The van der Waals surface area contributed by atoms with Crippen LogP contribution in [-0.2, 0) is 0 Å². The van der Waals surface area contributed by atoms with Crippen LogP contribution < -0.4 is 15.4 Å². The summed E-state index contributed by atoms with van der Waals surface area (Å²) in [6.45, 7) is 2.09. The Morgan fingerprint density at radius 2 is 1.83 bits per heavy atom. The molecule has 5 nitrogen and oxygen atoms in total. The van der Waals surface area contributed by atoms with E-state index in [9.17, 15) is 9.59 Å². The van der Waals surface area contributed by atoms with Crippen LogP contribution in [0.1, 0.15) is 35.3 Å². The number of para-hydroxylation sites is 1. The molecule has 0 radical (unpaired) electrons. The molecule has 2 aromatic rings. The first-order valence-corrected chi connectivity index (χ1v) is 7.54. The average molecular weight is 310 g/mol. The molecule has 0 aromatic heterocycles. The Labute approximate surface area is 134 Å². The van der Waals surface area contributed by atoms with Crippen molar-refractivity contribution in [3.05, 3.63) is 59.7 Å². The molecule has 0 saturated carbocycles. The monoisotopic (exact) mass is 310 g/mol. The minimum Gasteiger partial charge on any atom is -0.493 e. The zero-order chi connectivity index (χ0) is 16.2. The van der Waals surface area contributed by atoms with E-state index in [1.165, 1.54) is 6.92 Å². The molecule has 0 fully saturated rings. The Balaban J connectivity index is 1.65. The molecule has 3 rings (SSSR count). The van der Waals surface area contributed by atoms with Crippen molar-refractivity contribution in [3.8, 4) is 5.75 Å². The molecule has 2 N–H and O–H groups in total. The minimum absolute atomic E-state index is 0.000172. The normalized spacial score (nSPS) is 16.0. The van der Waals surface area contributed by atoms with Crippen molar-refractivity contribution in [1.82, 2.24) is 5.32 Å². The van der Waals surface area contributed by atoms with Crippen molar-refractivity contribution >= 4 is 17.5 Å². The van der Waals surface area contributed by atoms with Gasteiger partial charge in [0, 0.05) is 23.2 Å². The predicted molar refractivity (Wildman–Crippen MR) is 87.9 cm³/mol. The number of Topliss-reactive ketones (excluding diaryl/α,β-unsaturated/α-hetero) is 1.